The number of carbonyl (C=O) groups is 1. The fourth-order valence-electron chi connectivity index (χ4n) is 3.04. The van der Waals surface area contributed by atoms with Crippen LogP contribution in [0.1, 0.15) is 42.8 Å². The van der Waals surface area contributed by atoms with Gasteiger partial charge >= 0.3 is 0 Å². The van der Waals surface area contributed by atoms with Gasteiger partial charge in [-0.15, -0.1) is 0 Å². The van der Waals surface area contributed by atoms with Crippen molar-refractivity contribution in [3.8, 4) is 0 Å². The molecule has 0 saturated carbocycles. The lowest BCUT2D eigenvalue weighted by Crippen LogP contribution is -2.49. The van der Waals surface area contributed by atoms with Crippen LogP contribution in [0.4, 0.5) is 0 Å². The number of aromatic nitrogens is 3. The van der Waals surface area contributed by atoms with Crippen LogP contribution in [0.2, 0.25) is 0 Å². The molecule has 0 aliphatic carbocycles. The van der Waals surface area contributed by atoms with Gasteiger partial charge in [-0.3, -0.25) is 14.5 Å². The van der Waals surface area contributed by atoms with E-state index in [1.165, 1.54) is 10.9 Å². The molecule has 1 aliphatic rings. The predicted molar refractivity (Wildman–Crippen MR) is 101 cm³/mol. The Morgan fingerprint density at radius 1 is 1.15 bits per heavy atom. The number of piperazine rings is 1. The van der Waals surface area contributed by atoms with Crippen molar-refractivity contribution in [3.63, 3.8) is 0 Å². The molecule has 8 heteroatoms. The molecule has 0 atom stereocenters. The molecule has 2 aromatic rings. The standard InChI is InChI=1S/C19H27N5O3/c1-14-20-15(13-27-14)18(26)23-10-7-22(8-11-23)9-12-24-17(25)6-5-16(21-24)19(2,3)4/h5-6,13H,7-12H2,1-4H3. The third-order valence-electron chi connectivity index (χ3n) is 4.76. The van der Waals surface area contributed by atoms with E-state index in [2.05, 4.69) is 35.8 Å². The highest BCUT2D eigenvalue weighted by Gasteiger charge is 2.24. The minimum Gasteiger partial charge on any atom is -0.448 e. The molecule has 0 radical (unpaired) electrons. The van der Waals surface area contributed by atoms with Gasteiger partial charge in [-0.1, -0.05) is 20.8 Å². The smallest absolute Gasteiger partial charge is 0.275 e. The zero-order valence-corrected chi connectivity index (χ0v) is 16.4. The Kier molecular flexibility index (Phi) is 5.46. The van der Waals surface area contributed by atoms with Gasteiger partial charge in [0, 0.05) is 51.1 Å². The Labute approximate surface area is 158 Å². The maximum absolute atomic E-state index is 12.4. The third kappa shape index (κ3) is 4.63. The van der Waals surface area contributed by atoms with Crippen molar-refractivity contribution in [1.82, 2.24) is 24.6 Å². The highest BCUT2D eigenvalue weighted by Crippen LogP contribution is 2.18. The number of aryl methyl sites for hydroxylation is 1. The lowest BCUT2D eigenvalue weighted by Gasteiger charge is -2.34. The van der Waals surface area contributed by atoms with Gasteiger partial charge in [0.15, 0.2) is 11.6 Å². The van der Waals surface area contributed by atoms with E-state index in [0.29, 0.717) is 31.2 Å². The number of carbonyl (C=O) groups excluding carboxylic acids is 1. The van der Waals surface area contributed by atoms with Crippen molar-refractivity contribution < 1.29 is 9.21 Å². The SMILES string of the molecule is Cc1nc(C(=O)N2CCN(CCn3nc(C(C)(C)C)ccc3=O)CC2)co1. The fraction of sp³-hybridized carbons (Fsp3) is 0.579. The molecule has 0 spiro atoms. The molecule has 3 heterocycles. The van der Waals surface area contributed by atoms with Gasteiger partial charge < -0.3 is 9.32 Å². The van der Waals surface area contributed by atoms with Crippen molar-refractivity contribution in [2.24, 2.45) is 0 Å². The average molecular weight is 373 g/mol. The van der Waals surface area contributed by atoms with Crippen LogP contribution in [0.25, 0.3) is 0 Å². The van der Waals surface area contributed by atoms with Crippen LogP contribution in [-0.2, 0) is 12.0 Å². The molecule has 1 saturated heterocycles. The first-order valence-corrected chi connectivity index (χ1v) is 9.26. The summed E-state index contributed by atoms with van der Waals surface area (Å²) < 4.78 is 6.66. The van der Waals surface area contributed by atoms with Crippen molar-refractivity contribution in [2.45, 2.75) is 39.7 Å². The Morgan fingerprint density at radius 2 is 1.85 bits per heavy atom. The summed E-state index contributed by atoms with van der Waals surface area (Å²) >= 11 is 0. The van der Waals surface area contributed by atoms with Gasteiger partial charge in [-0.25, -0.2) is 9.67 Å². The molecule has 1 amide bonds. The molecule has 0 unspecified atom stereocenters. The van der Waals surface area contributed by atoms with Crippen LogP contribution in [-0.4, -0.2) is 63.2 Å². The van der Waals surface area contributed by atoms with E-state index in [1.807, 2.05) is 0 Å². The first-order chi connectivity index (χ1) is 12.7. The molecule has 1 fully saturated rings. The van der Waals surface area contributed by atoms with E-state index in [0.717, 1.165) is 25.3 Å². The molecule has 146 valence electrons. The zero-order valence-electron chi connectivity index (χ0n) is 16.4. The van der Waals surface area contributed by atoms with E-state index < -0.39 is 0 Å². The lowest BCUT2D eigenvalue weighted by atomic mass is 9.92. The van der Waals surface area contributed by atoms with E-state index >= 15 is 0 Å². The summed E-state index contributed by atoms with van der Waals surface area (Å²) in [7, 11) is 0. The molecule has 8 nitrogen and oxygen atoms in total. The summed E-state index contributed by atoms with van der Waals surface area (Å²) in [6, 6.07) is 3.39. The topological polar surface area (TPSA) is 84.5 Å². The first kappa shape index (κ1) is 19.3. The lowest BCUT2D eigenvalue weighted by molar-refractivity contribution is 0.0625. The van der Waals surface area contributed by atoms with Crippen molar-refractivity contribution in [1.29, 1.82) is 0 Å². The number of hydrogen-bond donors (Lipinski definition) is 0. The number of rotatable bonds is 4. The maximum atomic E-state index is 12.4. The van der Waals surface area contributed by atoms with Crippen LogP contribution in [0, 0.1) is 6.92 Å². The van der Waals surface area contributed by atoms with Crippen molar-refractivity contribution in [2.75, 3.05) is 32.7 Å². The Balaban J connectivity index is 1.54. The van der Waals surface area contributed by atoms with Gasteiger partial charge in [0.1, 0.15) is 6.26 Å². The number of oxazole rings is 1. The molecule has 2 aromatic heterocycles. The van der Waals surface area contributed by atoms with E-state index in [9.17, 15) is 9.59 Å². The monoisotopic (exact) mass is 373 g/mol. The number of hydrogen-bond acceptors (Lipinski definition) is 6. The minimum absolute atomic E-state index is 0.0850. The molecule has 0 aromatic carbocycles. The minimum atomic E-state index is -0.0963. The van der Waals surface area contributed by atoms with Crippen LogP contribution in [0.15, 0.2) is 27.6 Å². The van der Waals surface area contributed by atoms with Crippen molar-refractivity contribution in [3.05, 3.63) is 46.0 Å². The van der Waals surface area contributed by atoms with E-state index in [1.54, 1.807) is 24.0 Å². The molecular weight excluding hydrogens is 346 g/mol. The summed E-state index contributed by atoms with van der Waals surface area (Å²) in [6.07, 6.45) is 1.41. The Morgan fingerprint density at radius 3 is 2.44 bits per heavy atom. The van der Waals surface area contributed by atoms with Crippen LogP contribution in [0.3, 0.4) is 0 Å². The second-order valence-electron chi connectivity index (χ2n) is 7.92. The van der Waals surface area contributed by atoms with Gasteiger partial charge in [-0.05, 0) is 6.07 Å². The van der Waals surface area contributed by atoms with Crippen LogP contribution < -0.4 is 5.56 Å². The predicted octanol–water partition coefficient (Wildman–Crippen LogP) is 1.30. The molecule has 3 rings (SSSR count). The summed E-state index contributed by atoms with van der Waals surface area (Å²) in [5.41, 5.74) is 1.08. The summed E-state index contributed by atoms with van der Waals surface area (Å²) in [5, 5.41) is 4.51. The Hall–Kier alpha value is -2.48. The third-order valence-corrected chi connectivity index (χ3v) is 4.76. The van der Waals surface area contributed by atoms with E-state index in [-0.39, 0.29) is 16.9 Å². The molecule has 0 bridgehead atoms. The molecule has 27 heavy (non-hydrogen) atoms. The maximum Gasteiger partial charge on any atom is 0.275 e. The molecular formula is C19H27N5O3. The van der Waals surface area contributed by atoms with Gasteiger partial charge in [0.25, 0.3) is 11.5 Å². The summed E-state index contributed by atoms with van der Waals surface area (Å²) in [6.45, 7) is 12.0. The van der Waals surface area contributed by atoms with Gasteiger partial charge in [-0.2, -0.15) is 5.10 Å². The highest BCUT2D eigenvalue weighted by atomic mass is 16.3. The largest absolute Gasteiger partial charge is 0.448 e. The summed E-state index contributed by atoms with van der Waals surface area (Å²) in [5.74, 6) is 0.398. The van der Waals surface area contributed by atoms with Gasteiger partial charge in [0.05, 0.1) is 12.2 Å². The molecule has 1 aliphatic heterocycles. The molecule has 0 N–H and O–H groups in total. The normalized spacial score (nSPS) is 15.9. The highest BCUT2D eigenvalue weighted by molar-refractivity contribution is 5.92. The van der Waals surface area contributed by atoms with E-state index in [4.69, 9.17) is 4.42 Å². The summed E-state index contributed by atoms with van der Waals surface area (Å²) in [4.78, 5) is 32.6. The van der Waals surface area contributed by atoms with Crippen molar-refractivity contribution >= 4 is 5.91 Å². The average Bonchev–Trinajstić information content (AvgIpc) is 3.06. The second kappa shape index (κ2) is 7.64. The van der Waals surface area contributed by atoms with Crippen LogP contribution >= 0.6 is 0 Å². The Bertz CT molecular complexity index is 857. The quantitative estimate of drug-likeness (QED) is 0.803. The number of nitrogens with zero attached hydrogens (tertiary/aromatic N) is 5. The second-order valence-corrected chi connectivity index (χ2v) is 7.92. The zero-order chi connectivity index (χ0) is 19.6. The number of amides is 1. The fourth-order valence-corrected chi connectivity index (χ4v) is 3.04. The van der Waals surface area contributed by atoms with Gasteiger partial charge in [0.2, 0.25) is 0 Å². The first-order valence-electron chi connectivity index (χ1n) is 9.26. The van der Waals surface area contributed by atoms with Crippen LogP contribution in [0.5, 0.6) is 0 Å².